The fourth-order valence-electron chi connectivity index (χ4n) is 2.45. The molecule has 0 saturated carbocycles. The van der Waals surface area contributed by atoms with E-state index in [0.717, 1.165) is 27.0 Å². The van der Waals surface area contributed by atoms with Crippen LogP contribution >= 0.6 is 23.1 Å². The molecule has 4 nitrogen and oxygen atoms in total. The van der Waals surface area contributed by atoms with Gasteiger partial charge in [0.2, 0.25) is 0 Å². The highest BCUT2D eigenvalue weighted by Crippen LogP contribution is 2.24. The van der Waals surface area contributed by atoms with Crippen molar-refractivity contribution in [3.63, 3.8) is 0 Å². The zero-order chi connectivity index (χ0) is 15.5. The number of hydrogen-bond acceptors (Lipinski definition) is 5. The van der Waals surface area contributed by atoms with Gasteiger partial charge in [-0.2, -0.15) is 0 Å². The molecule has 0 bridgehead atoms. The lowest BCUT2D eigenvalue weighted by atomic mass is 10.2. The number of carbonyl (C=O) groups is 1. The molecular formula is C16H15N3OS2. The molecule has 0 N–H and O–H groups in total. The third-order valence-corrected chi connectivity index (χ3v) is 5.27. The molecule has 112 valence electrons. The molecule has 3 aromatic rings. The second-order valence-corrected chi connectivity index (χ2v) is 6.93. The Labute approximate surface area is 137 Å². The summed E-state index contributed by atoms with van der Waals surface area (Å²) in [5, 5.41) is 7.73. The number of rotatable bonds is 5. The molecule has 0 radical (unpaired) electrons. The Morgan fingerprint density at radius 1 is 1.27 bits per heavy atom. The molecule has 0 saturated heterocycles. The number of benzene rings is 1. The van der Waals surface area contributed by atoms with Crippen molar-refractivity contribution in [3.8, 4) is 5.69 Å². The molecule has 0 amide bonds. The third kappa shape index (κ3) is 2.98. The van der Waals surface area contributed by atoms with Crippen LogP contribution in [0.5, 0.6) is 0 Å². The predicted octanol–water partition coefficient (Wildman–Crippen LogP) is 3.92. The maximum absolute atomic E-state index is 12.5. The number of aromatic nitrogens is 3. The van der Waals surface area contributed by atoms with Gasteiger partial charge in [0.15, 0.2) is 10.1 Å². The highest BCUT2D eigenvalue weighted by molar-refractivity contribution is 8.01. The van der Waals surface area contributed by atoms with E-state index < -0.39 is 0 Å². The van der Waals surface area contributed by atoms with Crippen molar-refractivity contribution >= 4 is 28.9 Å². The Bertz CT molecular complexity index is 779. The van der Waals surface area contributed by atoms with Crippen LogP contribution in [0.3, 0.4) is 0 Å². The zero-order valence-electron chi connectivity index (χ0n) is 12.3. The van der Waals surface area contributed by atoms with Gasteiger partial charge >= 0.3 is 0 Å². The van der Waals surface area contributed by atoms with Crippen molar-refractivity contribution in [3.05, 3.63) is 58.9 Å². The summed E-state index contributed by atoms with van der Waals surface area (Å²) in [6.07, 6.45) is 0. The number of carbonyl (C=O) groups excluding carboxylic acids is 1. The normalized spacial score (nSPS) is 10.8. The quantitative estimate of drug-likeness (QED) is 0.526. The van der Waals surface area contributed by atoms with Gasteiger partial charge in [0.05, 0.1) is 5.75 Å². The Hall–Kier alpha value is -1.92. The van der Waals surface area contributed by atoms with E-state index in [1.807, 2.05) is 50.2 Å². The summed E-state index contributed by atoms with van der Waals surface area (Å²) >= 11 is 2.89. The van der Waals surface area contributed by atoms with Gasteiger partial charge in [0, 0.05) is 22.6 Å². The van der Waals surface area contributed by atoms with Crippen molar-refractivity contribution in [1.29, 1.82) is 0 Å². The van der Waals surface area contributed by atoms with Crippen molar-refractivity contribution in [2.24, 2.45) is 0 Å². The molecule has 0 spiro atoms. The summed E-state index contributed by atoms with van der Waals surface area (Å²) in [5.41, 5.74) is 5.57. The Morgan fingerprint density at radius 3 is 2.73 bits per heavy atom. The first-order valence-corrected chi connectivity index (χ1v) is 8.70. The summed E-state index contributed by atoms with van der Waals surface area (Å²) in [4.78, 5) is 12.5. The number of hydrogen-bond donors (Lipinski definition) is 0. The molecule has 1 aromatic carbocycles. The largest absolute Gasteiger partial charge is 0.318 e. The number of ketones is 1. The topological polar surface area (TPSA) is 47.8 Å². The molecule has 0 atom stereocenters. The van der Waals surface area contributed by atoms with E-state index in [4.69, 9.17) is 0 Å². The van der Waals surface area contributed by atoms with E-state index in [9.17, 15) is 4.79 Å². The minimum Gasteiger partial charge on any atom is -0.318 e. The number of Topliss-reactive ketones (excluding diaryl/α,β-unsaturated/α-hetero) is 1. The second-order valence-electron chi connectivity index (χ2n) is 4.87. The third-order valence-electron chi connectivity index (χ3n) is 3.41. The molecule has 3 rings (SSSR count). The van der Waals surface area contributed by atoms with Crippen LogP contribution in [0, 0.1) is 13.8 Å². The van der Waals surface area contributed by atoms with Crippen molar-refractivity contribution in [2.45, 2.75) is 18.2 Å². The lowest BCUT2D eigenvalue weighted by Gasteiger charge is -2.09. The molecule has 0 unspecified atom stereocenters. The fourth-order valence-corrected chi connectivity index (χ4v) is 3.82. The summed E-state index contributed by atoms with van der Waals surface area (Å²) in [5.74, 6) is 0.504. The molecule has 2 aromatic heterocycles. The maximum atomic E-state index is 12.5. The monoisotopic (exact) mass is 329 g/mol. The second kappa shape index (κ2) is 6.46. The smallest absolute Gasteiger partial charge is 0.174 e. The van der Waals surface area contributed by atoms with Crippen molar-refractivity contribution in [2.75, 3.05) is 5.75 Å². The number of thioether (sulfide) groups is 1. The minimum atomic E-state index is 0.121. The van der Waals surface area contributed by atoms with E-state index in [2.05, 4.69) is 14.8 Å². The number of para-hydroxylation sites is 1. The standard InChI is InChI=1S/C16H15N3OS2/c1-11-8-14(15(20)9-21-16-18-17-10-22-16)12(2)19(11)13-6-4-3-5-7-13/h3-8,10H,9H2,1-2H3. The van der Waals surface area contributed by atoms with Crippen LogP contribution in [0.2, 0.25) is 0 Å². The van der Waals surface area contributed by atoms with Crippen LogP contribution in [0.1, 0.15) is 21.7 Å². The Kier molecular flexibility index (Phi) is 4.40. The summed E-state index contributed by atoms with van der Waals surface area (Å²) in [7, 11) is 0. The molecule has 0 fully saturated rings. The van der Waals surface area contributed by atoms with Gasteiger partial charge in [-0.3, -0.25) is 4.79 Å². The first-order valence-electron chi connectivity index (χ1n) is 6.83. The van der Waals surface area contributed by atoms with Gasteiger partial charge in [0.25, 0.3) is 0 Å². The van der Waals surface area contributed by atoms with Crippen LogP contribution in [0.25, 0.3) is 5.69 Å². The fraction of sp³-hybridized carbons (Fsp3) is 0.188. The van der Waals surface area contributed by atoms with Gasteiger partial charge in [-0.25, -0.2) is 0 Å². The maximum Gasteiger partial charge on any atom is 0.174 e. The summed E-state index contributed by atoms with van der Waals surface area (Å²) in [6, 6.07) is 12.0. The van der Waals surface area contributed by atoms with Gasteiger partial charge < -0.3 is 4.57 Å². The lowest BCUT2D eigenvalue weighted by Crippen LogP contribution is -2.05. The SMILES string of the molecule is Cc1cc(C(=O)CSc2nncs2)c(C)n1-c1ccccc1. The Balaban J connectivity index is 1.84. The van der Waals surface area contributed by atoms with Crippen molar-refractivity contribution < 1.29 is 4.79 Å². The van der Waals surface area contributed by atoms with Crippen LogP contribution in [-0.2, 0) is 0 Å². The number of nitrogens with zero attached hydrogens (tertiary/aromatic N) is 3. The van der Waals surface area contributed by atoms with Crippen molar-refractivity contribution in [1.82, 2.24) is 14.8 Å². The van der Waals surface area contributed by atoms with E-state index in [0.29, 0.717) is 5.75 Å². The molecule has 0 aliphatic carbocycles. The summed E-state index contributed by atoms with van der Waals surface area (Å²) in [6.45, 7) is 4.01. The zero-order valence-corrected chi connectivity index (χ0v) is 13.9. The highest BCUT2D eigenvalue weighted by Gasteiger charge is 2.17. The first-order chi connectivity index (χ1) is 10.7. The van der Waals surface area contributed by atoms with E-state index in [1.54, 1.807) is 5.51 Å². The molecule has 0 aliphatic heterocycles. The van der Waals surface area contributed by atoms with Crippen LogP contribution in [0.4, 0.5) is 0 Å². The van der Waals surface area contributed by atoms with Gasteiger partial charge in [0.1, 0.15) is 5.51 Å². The highest BCUT2D eigenvalue weighted by atomic mass is 32.2. The average Bonchev–Trinajstić information content (AvgIpc) is 3.14. The molecule has 22 heavy (non-hydrogen) atoms. The first kappa shape index (κ1) is 15.0. The van der Waals surface area contributed by atoms with Crippen LogP contribution in [-0.4, -0.2) is 26.3 Å². The minimum absolute atomic E-state index is 0.121. The average molecular weight is 329 g/mol. The number of aryl methyl sites for hydroxylation is 1. The van der Waals surface area contributed by atoms with E-state index in [1.165, 1.54) is 23.1 Å². The Morgan fingerprint density at radius 2 is 2.05 bits per heavy atom. The van der Waals surface area contributed by atoms with Gasteiger partial charge in [-0.1, -0.05) is 41.3 Å². The van der Waals surface area contributed by atoms with E-state index >= 15 is 0 Å². The van der Waals surface area contributed by atoms with Crippen LogP contribution in [0.15, 0.2) is 46.2 Å². The predicted molar refractivity (Wildman–Crippen MR) is 90.2 cm³/mol. The lowest BCUT2D eigenvalue weighted by molar-refractivity contribution is 0.102. The van der Waals surface area contributed by atoms with Gasteiger partial charge in [-0.05, 0) is 32.0 Å². The molecular weight excluding hydrogens is 314 g/mol. The summed E-state index contributed by atoms with van der Waals surface area (Å²) < 4.78 is 2.94. The molecule has 6 heteroatoms. The van der Waals surface area contributed by atoms with E-state index in [-0.39, 0.29) is 5.78 Å². The van der Waals surface area contributed by atoms with Crippen LogP contribution < -0.4 is 0 Å². The molecule has 2 heterocycles. The molecule has 0 aliphatic rings. The van der Waals surface area contributed by atoms with Gasteiger partial charge in [-0.15, -0.1) is 10.2 Å².